The molecule has 270 valence electrons. The Morgan fingerprint density at radius 2 is 0.895 bits per heavy atom. The first kappa shape index (κ1) is 34.3. The highest BCUT2D eigenvalue weighted by atomic mass is 14.9. The molecular weight excluding hydrogens is 691 g/mol. The summed E-state index contributed by atoms with van der Waals surface area (Å²) in [5.74, 6) is 0.675. The summed E-state index contributed by atoms with van der Waals surface area (Å²) >= 11 is 0. The van der Waals surface area contributed by atoms with Crippen LogP contribution in [-0.2, 0) is 5.41 Å². The summed E-state index contributed by atoms with van der Waals surface area (Å²) in [7, 11) is 0. The van der Waals surface area contributed by atoms with E-state index < -0.39 is 5.41 Å². The van der Waals surface area contributed by atoms with E-state index in [1.165, 1.54) is 44.5 Å². The van der Waals surface area contributed by atoms with Crippen LogP contribution in [0.25, 0.3) is 56.3 Å². The molecule has 0 amide bonds. The van der Waals surface area contributed by atoms with E-state index in [9.17, 15) is 0 Å². The Labute approximate surface area is 334 Å². The normalized spacial score (nSPS) is 13.7. The van der Waals surface area contributed by atoms with E-state index in [0.717, 1.165) is 50.5 Å². The van der Waals surface area contributed by atoms with Crippen molar-refractivity contribution in [1.82, 2.24) is 9.97 Å². The van der Waals surface area contributed by atoms with Crippen LogP contribution in [0, 0.1) is 6.92 Å². The quantitative estimate of drug-likeness (QED) is 0.153. The molecular formula is C54H39N3. The van der Waals surface area contributed by atoms with Crippen molar-refractivity contribution in [3.8, 4) is 45.0 Å². The van der Waals surface area contributed by atoms with Gasteiger partial charge in [0.25, 0.3) is 0 Å². The minimum Gasteiger partial charge on any atom is -0.248 e. The Balaban J connectivity index is 1.11. The van der Waals surface area contributed by atoms with Crippen LogP contribution < -0.4 is 0 Å². The van der Waals surface area contributed by atoms with Crippen LogP contribution in [0.5, 0.6) is 0 Å². The van der Waals surface area contributed by atoms with Gasteiger partial charge in [-0.2, -0.15) is 0 Å². The highest BCUT2D eigenvalue weighted by Crippen LogP contribution is 2.62. The number of nitrogens with zero attached hydrogens (tertiary/aromatic N) is 3. The van der Waals surface area contributed by atoms with Gasteiger partial charge >= 0.3 is 0 Å². The lowest BCUT2D eigenvalue weighted by atomic mass is 9.67. The lowest BCUT2D eigenvalue weighted by Crippen LogP contribution is -2.31. The molecule has 0 fully saturated rings. The predicted molar refractivity (Wildman–Crippen MR) is 236 cm³/mol. The number of allylic oxidation sites excluding steroid dienone is 2. The molecule has 7 aromatic carbocycles. The molecule has 0 unspecified atom stereocenters. The van der Waals surface area contributed by atoms with Crippen LogP contribution in [0.3, 0.4) is 0 Å². The van der Waals surface area contributed by atoms with Crippen LogP contribution in [0.4, 0.5) is 0 Å². The second-order valence-corrected chi connectivity index (χ2v) is 14.8. The van der Waals surface area contributed by atoms with Crippen molar-refractivity contribution in [2.24, 2.45) is 4.99 Å². The fourth-order valence-corrected chi connectivity index (χ4v) is 9.11. The van der Waals surface area contributed by atoms with Crippen LogP contribution in [0.1, 0.15) is 45.9 Å². The number of aromatic nitrogens is 2. The molecule has 57 heavy (non-hydrogen) atoms. The van der Waals surface area contributed by atoms with E-state index >= 15 is 0 Å². The van der Waals surface area contributed by atoms with Gasteiger partial charge in [0.2, 0.25) is 0 Å². The highest BCUT2D eigenvalue weighted by molar-refractivity contribution is 6.23. The first-order valence-corrected chi connectivity index (χ1v) is 19.5. The molecule has 0 saturated heterocycles. The number of fused-ring (bicyclic) bond motifs is 7. The number of rotatable bonds is 7. The van der Waals surface area contributed by atoms with Gasteiger partial charge in [0.05, 0.1) is 28.2 Å². The number of benzene rings is 7. The van der Waals surface area contributed by atoms with Crippen molar-refractivity contribution < 1.29 is 0 Å². The highest BCUT2D eigenvalue weighted by Gasteiger charge is 2.53. The third-order valence-corrected chi connectivity index (χ3v) is 11.7. The fourth-order valence-electron chi connectivity index (χ4n) is 9.11. The van der Waals surface area contributed by atoms with Gasteiger partial charge in [-0.15, -0.1) is 0 Å². The standard InChI is InChI=1S/C54H39N3/c1-35-43-25-13-16-28-46(43)54(47-29-17-14-26-44(47)45-27-15-18-30-48(45)54)49(35)52(41-23-11-6-12-24-41)55-37(3)38-31-33-42(34-32-38)53-56-50(39-19-7-4-8-20-39)36(2)51(57-53)40-21-9-5-10-22-40/h4-34H,3H2,1-2H3/b55-52-. The molecule has 0 atom stereocenters. The third kappa shape index (κ3) is 5.46. The zero-order valence-corrected chi connectivity index (χ0v) is 31.9. The molecule has 3 nitrogen and oxygen atoms in total. The Morgan fingerprint density at radius 1 is 0.456 bits per heavy atom. The van der Waals surface area contributed by atoms with Gasteiger partial charge in [0.1, 0.15) is 0 Å². The van der Waals surface area contributed by atoms with E-state index in [2.05, 4.69) is 196 Å². The van der Waals surface area contributed by atoms with Crippen LogP contribution in [-0.4, -0.2) is 15.7 Å². The zero-order valence-electron chi connectivity index (χ0n) is 31.9. The van der Waals surface area contributed by atoms with Gasteiger partial charge < -0.3 is 0 Å². The molecule has 0 N–H and O–H groups in total. The van der Waals surface area contributed by atoms with E-state index in [-0.39, 0.29) is 0 Å². The molecule has 3 heteroatoms. The molecule has 1 aromatic heterocycles. The predicted octanol–water partition coefficient (Wildman–Crippen LogP) is 13.0. The summed E-state index contributed by atoms with van der Waals surface area (Å²) < 4.78 is 0. The van der Waals surface area contributed by atoms with Crippen LogP contribution >= 0.6 is 0 Å². The molecule has 10 rings (SSSR count). The van der Waals surface area contributed by atoms with Crippen molar-refractivity contribution >= 4 is 17.0 Å². The second-order valence-electron chi connectivity index (χ2n) is 14.8. The van der Waals surface area contributed by atoms with Crippen molar-refractivity contribution in [3.63, 3.8) is 0 Å². The van der Waals surface area contributed by atoms with Crippen LogP contribution in [0.15, 0.2) is 205 Å². The zero-order chi connectivity index (χ0) is 38.5. The van der Waals surface area contributed by atoms with Gasteiger partial charge in [0.15, 0.2) is 5.82 Å². The number of hydrogen-bond donors (Lipinski definition) is 0. The van der Waals surface area contributed by atoms with Crippen LogP contribution in [0.2, 0.25) is 0 Å². The summed E-state index contributed by atoms with van der Waals surface area (Å²) in [6.07, 6.45) is 0. The summed E-state index contributed by atoms with van der Waals surface area (Å²) in [5, 5.41) is 0. The molecule has 1 heterocycles. The van der Waals surface area contributed by atoms with Gasteiger partial charge in [0, 0.05) is 33.4 Å². The molecule has 0 radical (unpaired) electrons. The summed E-state index contributed by atoms with van der Waals surface area (Å²) in [6, 6.07) is 66.3. The SMILES string of the molecule is C=C(/N=C(\C1=C(C)c2ccccc2C12c1ccccc1-c1ccccc12)c1ccccc1)c1ccc(-c2nc(-c3ccccc3)c(C)c(-c3ccccc3)n2)cc1. The van der Waals surface area contributed by atoms with Crippen molar-refractivity contribution in [2.45, 2.75) is 19.3 Å². The minimum atomic E-state index is -0.539. The molecule has 8 aromatic rings. The Morgan fingerprint density at radius 3 is 1.42 bits per heavy atom. The van der Waals surface area contributed by atoms with Gasteiger partial charge in [-0.1, -0.05) is 195 Å². The minimum absolute atomic E-state index is 0.539. The van der Waals surface area contributed by atoms with E-state index in [4.69, 9.17) is 15.0 Å². The molecule has 0 saturated carbocycles. The van der Waals surface area contributed by atoms with Gasteiger partial charge in [-0.05, 0) is 58.4 Å². The molecule has 1 spiro atoms. The fraction of sp³-hybridized carbons (Fsp3) is 0.0556. The number of aliphatic imine (C=N–C) groups is 1. The van der Waals surface area contributed by atoms with Crippen molar-refractivity contribution in [1.29, 1.82) is 0 Å². The van der Waals surface area contributed by atoms with Gasteiger partial charge in [-0.25, -0.2) is 15.0 Å². The largest absolute Gasteiger partial charge is 0.248 e. The Bertz CT molecular complexity index is 2800. The average Bonchev–Trinajstić information content (AvgIpc) is 3.72. The lowest BCUT2D eigenvalue weighted by molar-refractivity contribution is 0.796. The molecule has 2 aliphatic rings. The summed E-state index contributed by atoms with van der Waals surface area (Å²) in [4.78, 5) is 15.9. The third-order valence-electron chi connectivity index (χ3n) is 11.7. The van der Waals surface area contributed by atoms with Crippen molar-refractivity contribution in [2.75, 3.05) is 0 Å². The lowest BCUT2D eigenvalue weighted by Gasteiger charge is -2.33. The molecule has 0 bridgehead atoms. The smallest absolute Gasteiger partial charge is 0.160 e. The second kappa shape index (κ2) is 13.8. The Kier molecular flexibility index (Phi) is 8.30. The number of hydrogen-bond acceptors (Lipinski definition) is 3. The molecule has 2 aliphatic carbocycles. The van der Waals surface area contributed by atoms with Crippen molar-refractivity contribution in [3.05, 3.63) is 239 Å². The maximum atomic E-state index is 5.55. The topological polar surface area (TPSA) is 38.1 Å². The first-order valence-electron chi connectivity index (χ1n) is 19.5. The Hall–Kier alpha value is -7.23. The average molecular weight is 730 g/mol. The van der Waals surface area contributed by atoms with E-state index in [1.807, 2.05) is 12.1 Å². The van der Waals surface area contributed by atoms with E-state index in [1.54, 1.807) is 0 Å². The van der Waals surface area contributed by atoms with Gasteiger partial charge in [-0.3, -0.25) is 0 Å². The molecule has 0 aliphatic heterocycles. The first-order chi connectivity index (χ1) is 28.0. The monoisotopic (exact) mass is 729 g/mol. The summed E-state index contributed by atoms with van der Waals surface area (Å²) in [5.41, 5.74) is 19.1. The maximum absolute atomic E-state index is 5.55. The summed E-state index contributed by atoms with van der Waals surface area (Å²) in [6.45, 7) is 8.99. The maximum Gasteiger partial charge on any atom is 0.160 e. The van der Waals surface area contributed by atoms with E-state index in [0.29, 0.717) is 11.5 Å².